The van der Waals surface area contributed by atoms with E-state index < -0.39 is 0 Å². The molecule has 94 valence electrons. The normalized spacial score (nSPS) is 22.5. The number of nitrogens with zero attached hydrogens (tertiary/aromatic N) is 3. The Bertz CT molecular complexity index is 447. The van der Waals surface area contributed by atoms with Crippen molar-refractivity contribution in [1.82, 2.24) is 14.9 Å². The Morgan fingerprint density at radius 2 is 2.29 bits per heavy atom. The van der Waals surface area contributed by atoms with E-state index in [1.54, 1.807) is 0 Å². The predicted molar refractivity (Wildman–Crippen MR) is 68.8 cm³/mol. The maximum absolute atomic E-state index is 11.5. The van der Waals surface area contributed by atoms with Crippen molar-refractivity contribution < 1.29 is 0 Å². The summed E-state index contributed by atoms with van der Waals surface area (Å²) in [6, 6.07) is 0.300. The van der Waals surface area contributed by atoms with Gasteiger partial charge in [-0.2, -0.15) is 0 Å². The van der Waals surface area contributed by atoms with E-state index in [2.05, 4.69) is 33.7 Å². The van der Waals surface area contributed by atoms with Gasteiger partial charge in [0.25, 0.3) is 5.56 Å². The lowest BCUT2D eigenvalue weighted by Crippen LogP contribution is -2.39. The first-order chi connectivity index (χ1) is 8.09. The van der Waals surface area contributed by atoms with Crippen LogP contribution in [0.1, 0.15) is 13.3 Å². The summed E-state index contributed by atoms with van der Waals surface area (Å²) in [7, 11) is 2.10. The van der Waals surface area contributed by atoms with Gasteiger partial charge in [0.15, 0.2) is 5.82 Å². The molecule has 1 aromatic rings. The molecule has 0 radical (unpaired) electrons. The van der Waals surface area contributed by atoms with E-state index in [0.29, 0.717) is 11.9 Å². The molecule has 1 aliphatic rings. The van der Waals surface area contributed by atoms with E-state index >= 15 is 0 Å². The molecule has 2 heterocycles. The van der Waals surface area contributed by atoms with Crippen LogP contribution in [0.25, 0.3) is 0 Å². The van der Waals surface area contributed by atoms with Crippen LogP contribution in [0.15, 0.2) is 11.1 Å². The van der Waals surface area contributed by atoms with Gasteiger partial charge in [0, 0.05) is 19.1 Å². The van der Waals surface area contributed by atoms with Gasteiger partial charge in [-0.1, -0.05) is 11.6 Å². The Morgan fingerprint density at radius 1 is 1.53 bits per heavy atom. The summed E-state index contributed by atoms with van der Waals surface area (Å²) in [5.74, 6) is 0.596. The highest BCUT2D eigenvalue weighted by Gasteiger charge is 2.23. The second-order valence-corrected chi connectivity index (χ2v) is 4.91. The van der Waals surface area contributed by atoms with Crippen molar-refractivity contribution in [1.29, 1.82) is 0 Å². The molecule has 6 heteroatoms. The summed E-state index contributed by atoms with van der Waals surface area (Å²) >= 11 is 6.02. The zero-order chi connectivity index (χ0) is 12.4. The molecule has 1 N–H and O–H groups in total. The van der Waals surface area contributed by atoms with E-state index in [-0.39, 0.29) is 10.6 Å². The molecular weight excluding hydrogens is 240 g/mol. The summed E-state index contributed by atoms with van der Waals surface area (Å²) in [4.78, 5) is 22.6. The molecule has 0 spiro atoms. The first-order valence-corrected chi connectivity index (χ1v) is 6.15. The monoisotopic (exact) mass is 256 g/mol. The second kappa shape index (κ2) is 5.06. The van der Waals surface area contributed by atoms with Crippen molar-refractivity contribution in [2.24, 2.45) is 0 Å². The summed E-state index contributed by atoms with van der Waals surface area (Å²) < 4.78 is 0. The molecule has 0 amide bonds. The van der Waals surface area contributed by atoms with Gasteiger partial charge in [-0.3, -0.25) is 4.79 Å². The van der Waals surface area contributed by atoms with E-state index in [0.717, 1.165) is 26.1 Å². The Kier molecular flexibility index (Phi) is 3.69. The van der Waals surface area contributed by atoms with Crippen LogP contribution in [0.2, 0.25) is 5.02 Å². The van der Waals surface area contributed by atoms with E-state index in [9.17, 15) is 4.79 Å². The topological polar surface area (TPSA) is 52.2 Å². The number of aromatic amines is 1. The Labute approximate surface area is 105 Å². The van der Waals surface area contributed by atoms with Gasteiger partial charge >= 0.3 is 0 Å². The third-order valence-electron chi connectivity index (χ3n) is 3.10. The van der Waals surface area contributed by atoms with Gasteiger partial charge in [0.05, 0.1) is 6.33 Å². The summed E-state index contributed by atoms with van der Waals surface area (Å²) in [5.41, 5.74) is -0.276. The van der Waals surface area contributed by atoms with Crippen LogP contribution in [0.4, 0.5) is 5.82 Å². The average Bonchev–Trinajstić information content (AvgIpc) is 2.44. The third kappa shape index (κ3) is 2.61. The zero-order valence-corrected chi connectivity index (χ0v) is 10.9. The number of nitrogens with one attached hydrogen (secondary N) is 1. The minimum atomic E-state index is -0.276. The molecule has 1 saturated heterocycles. The molecule has 17 heavy (non-hydrogen) atoms. The van der Waals surface area contributed by atoms with Crippen molar-refractivity contribution in [3.63, 3.8) is 0 Å². The largest absolute Gasteiger partial charge is 0.351 e. The highest BCUT2D eigenvalue weighted by atomic mass is 35.5. The van der Waals surface area contributed by atoms with Gasteiger partial charge in [0.1, 0.15) is 5.02 Å². The van der Waals surface area contributed by atoms with Crippen molar-refractivity contribution in [2.75, 3.05) is 31.6 Å². The van der Waals surface area contributed by atoms with Crippen molar-refractivity contribution >= 4 is 17.4 Å². The number of aromatic nitrogens is 2. The van der Waals surface area contributed by atoms with Crippen molar-refractivity contribution in [3.05, 3.63) is 21.7 Å². The van der Waals surface area contributed by atoms with Crippen LogP contribution < -0.4 is 10.5 Å². The molecule has 5 nitrogen and oxygen atoms in total. The maximum atomic E-state index is 11.5. The van der Waals surface area contributed by atoms with E-state index in [4.69, 9.17) is 11.6 Å². The fraction of sp³-hybridized carbons (Fsp3) is 0.636. The molecule has 1 atom stereocenters. The fourth-order valence-electron chi connectivity index (χ4n) is 2.26. The van der Waals surface area contributed by atoms with E-state index in [1.165, 1.54) is 6.33 Å². The van der Waals surface area contributed by atoms with Crippen LogP contribution in [0.5, 0.6) is 0 Å². The molecule has 1 unspecified atom stereocenters. The first-order valence-electron chi connectivity index (χ1n) is 5.78. The number of hydrogen-bond acceptors (Lipinski definition) is 4. The van der Waals surface area contributed by atoms with Gasteiger partial charge in [-0.15, -0.1) is 0 Å². The summed E-state index contributed by atoms with van der Waals surface area (Å²) in [6.45, 7) is 5.01. The molecule has 0 aromatic carbocycles. The number of anilines is 1. The number of H-pyrrole nitrogens is 1. The van der Waals surface area contributed by atoms with E-state index in [1.807, 2.05) is 0 Å². The minimum absolute atomic E-state index is 0.184. The molecule has 0 bridgehead atoms. The molecule has 1 fully saturated rings. The second-order valence-electron chi connectivity index (χ2n) is 4.53. The van der Waals surface area contributed by atoms with Gasteiger partial charge in [-0.25, -0.2) is 4.98 Å². The minimum Gasteiger partial charge on any atom is -0.351 e. The average molecular weight is 257 g/mol. The molecule has 1 aliphatic heterocycles. The van der Waals surface area contributed by atoms with Crippen LogP contribution in [-0.2, 0) is 0 Å². The Balaban J connectivity index is 2.32. The van der Waals surface area contributed by atoms with Crippen molar-refractivity contribution in [2.45, 2.75) is 19.4 Å². The summed E-state index contributed by atoms with van der Waals surface area (Å²) in [6.07, 6.45) is 2.45. The molecule has 2 rings (SSSR count). The zero-order valence-electron chi connectivity index (χ0n) is 10.1. The predicted octanol–water partition coefficient (Wildman–Crippen LogP) is 0.954. The Hall–Kier alpha value is -1.07. The number of hydrogen-bond donors (Lipinski definition) is 1. The number of likely N-dealkylation sites (N-methyl/N-ethyl adjacent to an activating group) is 1. The van der Waals surface area contributed by atoms with Crippen molar-refractivity contribution in [3.8, 4) is 0 Å². The highest BCUT2D eigenvalue weighted by Crippen LogP contribution is 2.22. The molecule has 0 aliphatic carbocycles. The lowest BCUT2D eigenvalue weighted by atomic mass is 10.2. The smallest absolute Gasteiger partial charge is 0.271 e. The fourth-order valence-corrected chi connectivity index (χ4v) is 2.47. The van der Waals surface area contributed by atoms with Gasteiger partial charge in [-0.05, 0) is 26.9 Å². The maximum Gasteiger partial charge on any atom is 0.271 e. The quantitative estimate of drug-likeness (QED) is 0.813. The number of rotatable bonds is 1. The lowest BCUT2D eigenvalue weighted by molar-refractivity contribution is 0.337. The van der Waals surface area contributed by atoms with Gasteiger partial charge in [0.2, 0.25) is 0 Å². The molecular formula is C11H17ClN4O. The van der Waals surface area contributed by atoms with Crippen LogP contribution in [-0.4, -0.2) is 47.6 Å². The molecule has 0 saturated carbocycles. The SMILES string of the molecule is CC1CN(C)CCCN1c1nc[nH]c(=O)c1Cl. The van der Waals surface area contributed by atoms with Crippen LogP contribution >= 0.6 is 11.6 Å². The Morgan fingerprint density at radius 3 is 3.06 bits per heavy atom. The molecule has 1 aromatic heterocycles. The third-order valence-corrected chi connectivity index (χ3v) is 3.44. The van der Waals surface area contributed by atoms with Crippen LogP contribution in [0.3, 0.4) is 0 Å². The summed E-state index contributed by atoms with van der Waals surface area (Å²) in [5, 5.41) is 0.184. The first kappa shape index (κ1) is 12.4. The van der Waals surface area contributed by atoms with Gasteiger partial charge < -0.3 is 14.8 Å². The van der Waals surface area contributed by atoms with Crippen LogP contribution in [0, 0.1) is 0 Å². The number of halogens is 1. The standard InChI is InChI=1S/C11H17ClN4O/c1-8-6-15(2)4-3-5-16(8)10-9(12)11(17)14-7-13-10/h7-8H,3-6H2,1-2H3,(H,13,14,17). The lowest BCUT2D eigenvalue weighted by Gasteiger charge is -2.29. The highest BCUT2D eigenvalue weighted by molar-refractivity contribution is 6.32.